The van der Waals surface area contributed by atoms with Crippen LogP contribution < -0.4 is 0 Å². The standard InChI is InChI=1S/C22H37NO5/c1-22(2)17-27-15-11-7-5-3-4-6-8-12-16-28-21(26)18-13-9-10-14-23(18)20(25)19(22)24/h18H,3-17H2,1-2H3/t18-/m0/s1. The van der Waals surface area contributed by atoms with Gasteiger partial charge in [-0.15, -0.1) is 0 Å². The summed E-state index contributed by atoms with van der Waals surface area (Å²) < 4.78 is 11.2. The molecule has 1 amide bonds. The molecule has 0 N–H and O–H groups in total. The molecule has 0 unspecified atom stereocenters. The lowest BCUT2D eigenvalue weighted by atomic mass is 9.87. The predicted molar refractivity (Wildman–Crippen MR) is 107 cm³/mol. The van der Waals surface area contributed by atoms with Gasteiger partial charge in [-0.25, -0.2) is 4.79 Å². The van der Waals surface area contributed by atoms with E-state index in [0.717, 1.165) is 44.9 Å². The van der Waals surface area contributed by atoms with Gasteiger partial charge < -0.3 is 14.4 Å². The van der Waals surface area contributed by atoms with Gasteiger partial charge in [-0.3, -0.25) is 9.59 Å². The minimum Gasteiger partial charge on any atom is -0.464 e. The Labute approximate surface area is 169 Å². The summed E-state index contributed by atoms with van der Waals surface area (Å²) in [6.07, 6.45) is 11.0. The number of ketones is 1. The quantitative estimate of drug-likeness (QED) is 0.462. The molecule has 2 aliphatic heterocycles. The van der Waals surface area contributed by atoms with Crippen LogP contribution in [0.15, 0.2) is 0 Å². The average Bonchev–Trinajstić information content (AvgIpc) is 2.69. The predicted octanol–water partition coefficient (Wildman–Crippen LogP) is 3.66. The van der Waals surface area contributed by atoms with Crippen molar-refractivity contribution in [2.75, 3.05) is 26.4 Å². The highest BCUT2D eigenvalue weighted by molar-refractivity contribution is 6.38. The first-order valence-electron chi connectivity index (χ1n) is 11.0. The molecule has 2 aliphatic rings. The zero-order chi connectivity index (χ0) is 20.4. The van der Waals surface area contributed by atoms with Crippen LogP contribution in [0.1, 0.15) is 84.5 Å². The van der Waals surface area contributed by atoms with Crippen molar-refractivity contribution in [2.24, 2.45) is 5.41 Å². The highest BCUT2D eigenvalue weighted by Crippen LogP contribution is 2.24. The molecule has 0 aliphatic carbocycles. The lowest BCUT2D eigenvalue weighted by Crippen LogP contribution is -2.53. The number of cyclic esters (lactones) is 1. The Balaban J connectivity index is 2.05. The molecule has 1 atom stereocenters. The molecular weight excluding hydrogens is 358 g/mol. The van der Waals surface area contributed by atoms with Crippen LogP contribution in [0.3, 0.4) is 0 Å². The fourth-order valence-corrected chi connectivity index (χ4v) is 3.87. The number of fused-ring (bicyclic) bond motifs is 1. The third kappa shape index (κ3) is 6.87. The van der Waals surface area contributed by atoms with Crippen LogP contribution in [0.4, 0.5) is 0 Å². The molecule has 0 bridgehead atoms. The smallest absolute Gasteiger partial charge is 0.328 e. The summed E-state index contributed by atoms with van der Waals surface area (Å²) in [7, 11) is 0. The van der Waals surface area contributed by atoms with E-state index in [4.69, 9.17) is 9.47 Å². The van der Waals surface area contributed by atoms with Crippen LogP contribution in [-0.4, -0.2) is 55.0 Å². The highest BCUT2D eigenvalue weighted by Gasteiger charge is 2.41. The summed E-state index contributed by atoms with van der Waals surface area (Å²) in [5.74, 6) is -1.42. The average molecular weight is 396 g/mol. The van der Waals surface area contributed by atoms with Crippen LogP contribution in [-0.2, 0) is 23.9 Å². The Morgan fingerprint density at radius 3 is 2.11 bits per heavy atom. The highest BCUT2D eigenvalue weighted by atomic mass is 16.5. The van der Waals surface area contributed by atoms with E-state index in [2.05, 4.69) is 0 Å². The van der Waals surface area contributed by atoms with Crippen LogP contribution in [0.5, 0.6) is 0 Å². The van der Waals surface area contributed by atoms with Crippen molar-refractivity contribution in [1.82, 2.24) is 4.90 Å². The lowest BCUT2D eigenvalue weighted by Gasteiger charge is -2.35. The number of Topliss-reactive ketones (excluding diaryl/α,β-unsaturated/α-hetero) is 1. The van der Waals surface area contributed by atoms with Gasteiger partial charge in [-0.1, -0.05) is 52.4 Å². The maximum absolute atomic E-state index is 12.9. The van der Waals surface area contributed by atoms with Crippen molar-refractivity contribution in [1.29, 1.82) is 0 Å². The number of amides is 1. The van der Waals surface area contributed by atoms with E-state index in [1.165, 1.54) is 24.2 Å². The van der Waals surface area contributed by atoms with Crippen molar-refractivity contribution in [3.8, 4) is 0 Å². The summed E-state index contributed by atoms with van der Waals surface area (Å²) in [4.78, 5) is 39.7. The van der Waals surface area contributed by atoms with Gasteiger partial charge in [0.2, 0.25) is 5.78 Å². The first kappa shape index (κ1) is 22.9. The maximum atomic E-state index is 12.9. The van der Waals surface area contributed by atoms with Gasteiger partial charge in [-0.2, -0.15) is 0 Å². The minimum absolute atomic E-state index is 0.223. The van der Waals surface area contributed by atoms with E-state index in [1.54, 1.807) is 13.8 Å². The van der Waals surface area contributed by atoms with Gasteiger partial charge in [0.25, 0.3) is 5.91 Å². The number of ether oxygens (including phenoxy) is 2. The Bertz CT molecular complexity index is 531. The molecule has 6 nitrogen and oxygen atoms in total. The monoisotopic (exact) mass is 395 g/mol. The zero-order valence-corrected chi connectivity index (χ0v) is 17.7. The fraction of sp³-hybridized carbons (Fsp3) is 0.864. The molecule has 0 radical (unpaired) electrons. The number of nitrogens with zero attached hydrogens (tertiary/aromatic N) is 1. The molecule has 2 fully saturated rings. The molecule has 2 saturated heterocycles. The molecule has 0 aromatic rings. The van der Waals surface area contributed by atoms with Crippen LogP contribution >= 0.6 is 0 Å². The molecule has 0 spiro atoms. The fourth-order valence-electron chi connectivity index (χ4n) is 3.87. The SMILES string of the molecule is CC1(C)COCCCCCCCCCCOC(=O)[C@@H]2CCCCN2C(=O)C1=O. The molecule has 160 valence electrons. The number of carbonyl (C=O) groups is 3. The molecule has 0 aromatic heterocycles. The Hall–Kier alpha value is -1.43. The van der Waals surface area contributed by atoms with E-state index < -0.39 is 23.1 Å². The second-order valence-corrected chi connectivity index (χ2v) is 8.77. The van der Waals surface area contributed by atoms with Gasteiger partial charge >= 0.3 is 5.97 Å². The summed E-state index contributed by atoms with van der Waals surface area (Å²) in [5, 5.41) is 0. The Morgan fingerprint density at radius 2 is 1.43 bits per heavy atom. The third-order valence-corrected chi connectivity index (χ3v) is 5.73. The molecule has 0 aromatic carbocycles. The van der Waals surface area contributed by atoms with E-state index in [-0.39, 0.29) is 12.6 Å². The summed E-state index contributed by atoms with van der Waals surface area (Å²) in [6.45, 7) is 5.15. The van der Waals surface area contributed by atoms with Crippen LogP contribution in [0.2, 0.25) is 0 Å². The zero-order valence-electron chi connectivity index (χ0n) is 17.7. The van der Waals surface area contributed by atoms with Crippen LogP contribution in [0, 0.1) is 5.41 Å². The number of piperidine rings is 1. The van der Waals surface area contributed by atoms with Gasteiger partial charge in [0.1, 0.15) is 6.04 Å². The largest absolute Gasteiger partial charge is 0.464 e. The summed E-state index contributed by atoms with van der Waals surface area (Å²) in [6, 6.07) is -0.635. The van der Waals surface area contributed by atoms with E-state index in [1.807, 2.05) is 0 Å². The van der Waals surface area contributed by atoms with E-state index in [9.17, 15) is 14.4 Å². The van der Waals surface area contributed by atoms with E-state index in [0.29, 0.717) is 26.2 Å². The molecule has 0 saturated carbocycles. The normalized spacial score (nSPS) is 27.1. The van der Waals surface area contributed by atoms with Gasteiger partial charge in [-0.05, 0) is 32.1 Å². The minimum atomic E-state index is -0.897. The first-order valence-corrected chi connectivity index (χ1v) is 11.0. The van der Waals surface area contributed by atoms with Gasteiger partial charge in [0.15, 0.2) is 0 Å². The second kappa shape index (κ2) is 11.5. The molecule has 28 heavy (non-hydrogen) atoms. The van der Waals surface area contributed by atoms with Crippen LogP contribution in [0.25, 0.3) is 0 Å². The van der Waals surface area contributed by atoms with Gasteiger partial charge in [0, 0.05) is 13.2 Å². The maximum Gasteiger partial charge on any atom is 0.328 e. The number of hydrogen-bond donors (Lipinski definition) is 0. The lowest BCUT2D eigenvalue weighted by molar-refractivity contribution is -0.161. The number of carbonyl (C=O) groups excluding carboxylic acids is 3. The van der Waals surface area contributed by atoms with Crippen molar-refractivity contribution < 1.29 is 23.9 Å². The van der Waals surface area contributed by atoms with Crippen molar-refractivity contribution in [3.63, 3.8) is 0 Å². The summed E-state index contributed by atoms with van der Waals surface area (Å²) in [5.41, 5.74) is -0.897. The third-order valence-electron chi connectivity index (χ3n) is 5.73. The van der Waals surface area contributed by atoms with Crippen molar-refractivity contribution >= 4 is 17.7 Å². The van der Waals surface area contributed by atoms with E-state index >= 15 is 0 Å². The van der Waals surface area contributed by atoms with Crippen molar-refractivity contribution in [2.45, 2.75) is 90.5 Å². The Morgan fingerprint density at radius 1 is 0.821 bits per heavy atom. The second-order valence-electron chi connectivity index (χ2n) is 8.77. The topological polar surface area (TPSA) is 72.9 Å². The molecule has 2 rings (SSSR count). The number of hydrogen-bond acceptors (Lipinski definition) is 5. The molecule has 2 heterocycles. The first-order chi connectivity index (χ1) is 13.4. The number of rotatable bonds is 0. The van der Waals surface area contributed by atoms with Crippen molar-refractivity contribution in [3.05, 3.63) is 0 Å². The molecule has 6 heteroatoms. The molecular formula is C22H37NO5. The number of esters is 1. The Kier molecular flexibility index (Phi) is 9.42. The summed E-state index contributed by atoms with van der Waals surface area (Å²) >= 11 is 0. The van der Waals surface area contributed by atoms with Gasteiger partial charge in [0.05, 0.1) is 18.6 Å².